The lowest BCUT2D eigenvalue weighted by atomic mass is 10.0. The van der Waals surface area contributed by atoms with Crippen LogP contribution < -0.4 is 10.2 Å². The molecule has 0 aromatic heterocycles. The fourth-order valence-corrected chi connectivity index (χ4v) is 2.89. The van der Waals surface area contributed by atoms with Crippen molar-refractivity contribution in [2.24, 2.45) is 0 Å². The summed E-state index contributed by atoms with van der Waals surface area (Å²) in [6.07, 6.45) is 10.8. The SMILES string of the molecule is O=C(Nc1ccc(N2C(=O)C=CC2=O)cc1)OC1CCC=CCCC1. The molecule has 1 aromatic rings. The number of rotatable bonds is 3. The van der Waals surface area contributed by atoms with Crippen LogP contribution in [0.2, 0.25) is 0 Å². The molecule has 1 aliphatic carbocycles. The molecule has 0 saturated carbocycles. The van der Waals surface area contributed by atoms with Crippen LogP contribution in [0.25, 0.3) is 0 Å². The maximum absolute atomic E-state index is 12.0. The summed E-state index contributed by atoms with van der Waals surface area (Å²) in [4.78, 5) is 36.4. The van der Waals surface area contributed by atoms with Crippen LogP contribution in [0.5, 0.6) is 0 Å². The van der Waals surface area contributed by atoms with E-state index in [1.54, 1.807) is 24.3 Å². The van der Waals surface area contributed by atoms with Gasteiger partial charge in [0.15, 0.2) is 0 Å². The second kappa shape index (κ2) is 7.79. The van der Waals surface area contributed by atoms with E-state index >= 15 is 0 Å². The molecule has 1 N–H and O–H groups in total. The van der Waals surface area contributed by atoms with Gasteiger partial charge in [0.2, 0.25) is 0 Å². The molecule has 0 bridgehead atoms. The van der Waals surface area contributed by atoms with Crippen LogP contribution in [0.15, 0.2) is 48.6 Å². The summed E-state index contributed by atoms with van der Waals surface area (Å²) in [5.74, 6) is -0.744. The zero-order valence-electron chi connectivity index (χ0n) is 13.8. The van der Waals surface area contributed by atoms with Crippen LogP contribution in [0.1, 0.15) is 32.1 Å². The summed E-state index contributed by atoms with van der Waals surface area (Å²) < 4.78 is 5.48. The number of carbonyl (C=O) groups is 3. The summed E-state index contributed by atoms with van der Waals surface area (Å²) in [7, 11) is 0. The minimum absolute atomic E-state index is 0.0739. The fraction of sp³-hybridized carbons (Fsp3) is 0.316. The van der Waals surface area contributed by atoms with Gasteiger partial charge in [-0.1, -0.05) is 12.2 Å². The van der Waals surface area contributed by atoms with Gasteiger partial charge in [-0.15, -0.1) is 0 Å². The molecule has 0 spiro atoms. The lowest BCUT2D eigenvalue weighted by molar-refractivity contribution is -0.119. The number of hydrogen-bond acceptors (Lipinski definition) is 4. The van der Waals surface area contributed by atoms with Gasteiger partial charge in [-0.3, -0.25) is 14.9 Å². The third-order valence-corrected chi connectivity index (χ3v) is 4.17. The summed E-state index contributed by atoms with van der Waals surface area (Å²) in [5, 5.41) is 2.68. The highest BCUT2D eigenvalue weighted by Gasteiger charge is 2.25. The summed E-state index contributed by atoms with van der Waals surface area (Å²) in [6, 6.07) is 6.49. The molecule has 0 saturated heterocycles. The maximum Gasteiger partial charge on any atom is 0.411 e. The minimum atomic E-state index is -0.489. The number of carbonyl (C=O) groups excluding carboxylic acids is 3. The molecule has 2 aliphatic rings. The van der Waals surface area contributed by atoms with Crippen molar-refractivity contribution in [3.05, 3.63) is 48.6 Å². The standard InChI is InChI=1S/C19H20N2O4/c22-17-12-13-18(23)21(17)15-10-8-14(9-11-15)20-19(24)25-16-6-4-2-1-3-5-7-16/h1-2,8-13,16H,3-7H2,(H,20,24). The molecule has 1 aromatic carbocycles. The first-order chi connectivity index (χ1) is 12.1. The van der Waals surface area contributed by atoms with Gasteiger partial charge in [0.25, 0.3) is 11.8 Å². The molecular formula is C19H20N2O4. The molecule has 25 heavy (non-hydrogen) atoms. The van der Waals surface area contributed by atoms with Crippen LogP contribution in [-0.2, 0) is 14.3 Å². The van der Waals surface area contributed by atoms with Crippen molar-refractivity contribution in [2.75, 3.05) is 10.2 Å². The number of imide groups is 1. The Labute approximate surface area is 146 Å². The van der Waals surface area contributed by atoms with Crippen molar-refractivity contribution in [3.63, 3.8) is 0 Å². The highest BCUT2D eigenvalue weighted by molar-refractivity contribution is 6.28. The number of amides is 3. The molecule has 3 rings (SSSR count). The Morgan fingerprint density at radius 2 is 1.68 bits per heavy atom. The Morgan fingerprint density at radius 1 is 1.00 bits per heavy atom. The predicted octanol–water partition coefficient (Wildman–Crippen LogP) is 3.55. The van der Waals surface area contributed by atoms with Gasteiger partial charge in [-0.05, 0) is 56.4 Å². The van der Waals surface area contributed by atoms with E-state index in [0.29, 0.717) is 11.4 Å². The van der Waals surface area contributed by atoms with Crippen molar-refractivity contribution in [1.82, 2.24) is 0 Å². The molecule has 0 fully saturated rings. The first-order valence-electron chi connectivity index (χ1n) is 8.42. The van der Waals surface area contributed by atoms with Gasteiger partial charge in [0.05, 0.1) is 5.69 Å². The number of ether oxygens (including phenoxy) is 1. The van der Waals surface area contributed by atoms with Crippen molar-refractivity contribution in [3.8, 4) is 0 Å². The van der Waals surface area contributed by atoms with Gasteiger partial charge < -0.3 is 4.74 Å². The largest absolute Gasteiger partial charge is 0.446 e. The first kappa shape index (κ1) is 17.0. The van der Waals surface area contributed by atoms with Crippen LogP contribution >= 0.6 is 0 Å². The Hall–Kier alpha value is -2.89. The number of nitrogens with zero attached hydrogens (tertiary/aromatic N) is 1. The summed E-state index contributed by atoms with van der Waals surface area (Å²) in [5.41, 5.74) is 1.01. The van der Waals surface area contributed by atoms with Crippen molar-refractivity contribution >= 4 is 29.3 Å². The van der Waals surface area contributed by atoms with Gasteiger partial charge in [-0.2, -0.15) is 0 Å². The Morgan fingerprint density at radius 3 is 2.40 bits per heavy atom. The van der Waals surface area contributed by atoms with E-state index in [4.69, 9.17) is 4.74 Å². The normalized spacial score (nSPS) is 20.3. The molecule has 1 unspecified atom stereocenters. The molecule has 1 heterocycles. The van der Waals surface area contributed by atoms with Crippen molar-refractivity contribution in [1.29, 1.82) is 0 Å². The molecule has 130 valence electrons. The molecule has 0 radical (unpaired) electrons. The number of benzene rings is 1. The predicted molar refractivity (Wildman–Crippen MR) is 94.2 cm³/mol. The first-order valence-corrected chi connectivity index (χ1v) is 8.42. The van der Waals surface area contributed by atoms with Crippen LogP contribution in [0, 0.1) is 0 Å². The number of allylic oxidation sites excluding steroid dienone is 2. The fourth-order valence-electron chi connectivity index (χ4n) is 2.89. The second-order valence-corrected chi connectivity index (χ2v) is 6.02. The smallest absolute Gasteiger partial charge is 0.411 e. The Bertz CT molecular complexity index is 703. The van der Waals surface area contributed by atoms with Gasteiger partial charge in [0, 0.05) is 17.8 Å². The van der Waals surface area contributed by atoms with Crippen LogP contribution in [0.4, 0.5) is 16.2 Å². The Kier molecular flexibility index (Phi) is 5.28. The lowest BCUT2D eigenvalue weighted by Crippen LogP contribution is -2.29. The molecule has 6 heteroatoms. The molecule has 1 aliphatic heterocycles. The third-order valence-electron chi connectivity index (χ3n) is 4.17. The van der Waals surface area contributed by atoms with Crippen molar-refractivity contribution in [2.45, 2.75) is 38.2 Å². The molecular weight excluding hydrogens is 320 g/mol. The average Bonchev–Trinajstić information content (AvgIpc) is 2.90. The number of hydrogen-bond donors (Lipinski definition) is 1. The average molecular weight is 340 g/mol. The molecule has 3 amide bonds. The second-order valence-electron chi connectivity index (χ2n) is 6.02. The quantitative estimate of drug-likeness (QED) is 0.674. The van der Waals surface area contributed by atoms with Crippen molar-refractivity contribution < 1.29 is 19.1 Å². The summed E-state index contributed by atoms with van der Waals surface area (Å²) in [6.45, 7) is 0. The van der Waals surface area contributed by atoms with Gasteiger partial charge >= 0.3 is 6.09 Å². The number of anilines is 2. The monoisotopic (exact) mass is 340 g/mol. The van der Waals surface area contributed by atoms with E-state index in [-0.39, 0.29) is 17.9 Å². The maximum atomic E-state index is 12.0. The van der Waals surface area contributed by atoms with Crippen LogP contribution in [0.3, 0.4) is 0 Å². The van der Waals surface area contributed by atoms with E-state index in [1.165, 1.54) is 12.2 Å². The van der Waals surface area contributed by atoms with E-state index in [1.807, 2.05) is 0 Å². The number of nitrogens with one attached hydrogen (secondary N) is 1. The van der Waals surface area contributed by atoms with E-state index < -0.39 is 6.09 Å². The zero-order chi connectivity index (χ0) is 17.6. The van der Waals surface area contributed by atoms with Crippen LogP contribution in [-0.4, -0.2) is 24.0 Å². The minimum Gasteiger partial charge on any atom is -0.446 e. The highest BCUT2D eigenvalue weighted by atomic mass is 16.6. The Balaban J connectivity index is 1.56. The topological polar surface area (TPSA) is 75.7 Å². The van der Waals surface area contributed by atoms with E-state index in [0.717, 1.165) is 37.0 Å². The van der Waals surface area contributed by atoms with Gasteiger partial charge in [0.1, 0.15) is 6.10 Å². The zero-order valence-corrected chi connectivity index (χ0v) is 13.8. The molecule has 1 atom stereocenters. The highest BCUT2D eigenvalue weighted by Crippen LogP contribution is 2.22. The summed E-state index contributed by atoms with van der Waals surface area (Å²) >= 11 is 0. The lowest BCUT2D eigenvalue weighted by Gasteiger charge is -2.19. The third kappa shape index (κ3) is 4.35. The molecule has 6 nitrogen and oxygen atoms in total. The van der Waals surface area contributed by atoms with E-state index in [9.17, 15) is 14.4 Å². The van der Waals surface area contributed by atoms with Gasteiger partial charge in [-0.25, -0.2) is 9.69 Å². The van der Waals surface area contributed by atoms with E-state index in [2.05, 4.69) is 17.5 Å².